The van der Waals surface area contributed by atoms with Gasteiger partial charge in [-0.05, 0) is 63.0 Å². The van der Waals surface area contributed by atoms with Crippen LogP contribution in [0.2, 0.25) is 0 Å². The van der Waals surface area contributed by atoms with Crippen LogP contribution in [-0.2, 0) is 0 Å². The first-order valence-corrected chi connectivity index (χ1v) is 10.2. The van der Waals surface area contributed by atoms with Crippen molar-refractivity contribution >= 4 is 17.3 Å². The molecule has 1 amide bonds. The minimum absolute atomic E-state index is 0.0416. The highest BCUT2D eigenvalue weighted by Gasteiger charge is 2.27. The molecule has 1 saturated heterocycles. The summed E-state index contributed by atoms with van der Waals surface area (Å²) in [5.74, 6) is 0.502. The Hall–Kier alpha value is -2.87. The van der Waals surface area contributed by atoms with Crippen LogP contribution in [0.25, 0.3) is 0 Å². The van der Waals surface area contributed by atoms with Gasteiger partial charge in [-0.25, -0.2) is 0 Å². The molecule has 4 rings (SSSR count). The fraction of sp³-hybridized carbons (Fsp3) is 0.476. The van der Waals surface area contributed by atoms with E-state index in [4.69, 9.17) is 4.42 Å². The SMILES string of the molecule is O=C(NC[C@@H](c1ccco1)N1CCCCC1)c1ccc(NC2CC2)c([N+](=O)[O-])c1. The van der Waals surface area contributed by atoms with Crippen LogP contribution in [0.15, 0.2) is 41.0 Å². The molecule has 29 heavy (non-hydrogen) atoms. The number of amides is 1. The van der Waals surface area contributed by atoms with Crippen LogP contribution in [0.3, 0.4) is 0 Å². The van der Waals surface area contributed by atoms with E-state index in [1.165, 1.54) is 12.5 Å². The number of nitrogens with zero attached hydrogens (tertiary/aromatic N) is 2. The van der Waals surface area contributed by atoms with Crippen molar-refractivity contribution in [3.8, 4) is 0 Å². The first kappa shape index (κ1) is 19.4. The molecule has 154 valence electrons. The normalized spacial score (nSPS) is 18.2. The predicted octanol–water partition coefficient (Wildman–Crippen LogP) is 3.72. The smallest absolute Gasteiger partial charge is 0.293 e. The summed E-state index contributed by atoms with van der Waals surface area (Å²) >= 11 is 0. The van der Waals surface area contributed by atoms with E-state index in [2.05, 4.69) is 15.5 Å². The molecule has 0 radical (unpaired) electrons. The molecule has 1 aromatic carbocycles. The maximum absolute atomic E-state index is 12.7. The van der Waals surface area contributed by atoms with E-state index in [1.807, 2.05) is 12.1 Å². The highest BCUT2D eigenvalue weighted by molar-refractivity contribution is 5.95. The predicted molar refractivity (Wildman–Crippen MR) is 109 cm³/mol. The molecule has 1 saturated carbocycles. The van der Waals surface area contributed by atoms with Crippen molar-refractivity contribution in [1.82, 2.24) is 10.2 Å². The third kappa shape index (κ3) is 4.76. The van der Waals surface area contributed by atoms with Gasteiger partial charge < -0.3 is 15.1 Å². The topological polar surface area (TPSA) is 101 Å². The standard InChI is InChI=1S/C21H26N4O4/c26-21(15-6-9-17(23-16-7-8-16)18(13-15)25(27)28)22-14-19(20-5-4-12-29-20)24-10-2-1-3-11-24/h4-6,9,12-13,16,19,23H,1-3,7-8,10-11,14H2,(H,22,26)/t19-/m0/s1. The second kappa shape index (κ2) is 8.65. The fourth-order valence-corrected chi connectivity index (χ4v) is 3.81. The Morgan fingerprint density at radius 3 is 2.69 bits per heavy atom. The van der Waals surface area contributed by atoms with Gasteiger partial charge in [-0.2, -0.15) is 0 Å². The zero-order valence-corrected chi connectivity index (χ0v) is 16.3. The van der Waals surface area contributed by atoms with Gasteiger partial charge in [0.1, 0.15) is 11.4 Å². The third-order valence-corrected chi connectivity index (χ3v) is 5.55. The van der Waals surface area contributed by atoms with Crippen LogP contribution >= 0.6 is 0 Å². The second-order valence-corrected chi connectivity index (χ2v) is 7.75. The van der Waals surface area contributed by atoms with Gasteiger partial charge in [0.15, 0.2) is 0 Å². The second-order valence-electron chi connectivity index (χ2n) is 7.75. The molecule has 0 bridgehead atoms. The number of likely N-dealkylation sites (tertiary alicyclic amines) is 1. The number of anilines is 1. The molecular weight excluding hydrogens is 372 g/mol. The quantitative estimate of drug-likeness (QED) is 0.519. The summed E-state index contributed by atoms with van der Waals surface area (Å²) in [5.41, 5.74) is 0.689. The number of rotatable bonds is 8. The molecule has 2 aliphatic rings. The summed E-state index contributed by atoms with van der Waals surface area (Å²) in [6.45, 7) is 2.32. The Morgan fingerprint density at radius 2 is 2.03 bits per heavy atom. The lowest BCUT2D eigenvalue weighted by Gasteiger charge is -2.33. The molecule has 1 aromatic heterocycles. The lowest BCUT2D eigenvalue weighted by Crippen LogP contribution is -2.40. The molecule has 8 nitrogen and oxygen atoms in total. The number of piperidine rings is 1. The van der Waals surface area contributed by atoms with E-state index < -0.39 is 4.92 Å². The summed E-state index contributed by atoms with van der Waals surface area (Å²) in [5, 5.41) is 17.5. The van der Waals surface area contributed by atoms with Crippen LogP contribution in [-0.4, -0.2) is 41.4 Å². The van der Waals surface area contributed by atoms with Gasteiger partial charge >= 0.3 is 0 Å². The van der Waals surface area contributed by atoms with Gasteiger partial charge in [-0.3, -0.25) is 19.8 Å². The molecule has 2 fully saturated rings. The number of hydrogen-bond donors (Lipinski definition) is 2. The molecular formula is C21H26N4O4. The Kier molecular flexibility index (Phi) is 5.80. The highest BCUT2D eigenvalue weighted by Crippen LogP contribution is 2.31. The Morgan fingerprint density at radius 1 is 1.24 bits per heavy atom. The fourth-order valence-electron chi connectivity index (χ4n) is 3.81. The van der Waals surface area contributed by atoms with Crippen LogP contribution in [0.5, 0.6) is 0 Å². The minimum Gasteiger partial charge on any atom is -0.468 e. The van der Waals surface area contributed by atoms with Crippen molar-refractivity contribution in [1.29, 1.82) is 0 Å². The molecule has 2 aromatic rings. The van der Waals surface area contributed by atoms with Crippen molar-refractivity contribution < 1.29 is 14.1 Å². The molecule has 8 heteroatoms. The van der Waals surface area contributed by atoms with Gasteiger partial charge in [0, 0.05) is 24.2 Å². The van der Waals surface area contributed by atoms with E-state index >= 15 is 0 Å². The molecule has 1 aliphatic heterocycles. The molecule has 0 spiro atoms. The number of furan rings is 1. The number of nitro benzene ring substituents is 1. The number of hydrogen-bond acceptors (Lipinski definition) is 6. The summed E-state index contributed by atoms with van der Waals surface area (Å²) in [7, 11) is 0. The van der Waals surface area contributed by atoms with Crippen molar-refractivity contribution in [2.45, 2.75) is 44.2 Å². The Labute approximate surface area is 169 Å². The highest BCUT2D eigenvalue weighted by atomic mass is 16.6. The number of nitrogens with one attached hydrogen (secondary N) is 2. The van der Waals surface area contributed by atoms with E-state index in [1.54, 1.807) is 18.4 Å². The van der Waals surface area contributed by atoms with E-state index in [0.29, 0.717) is 18.3 Å². The van der Waals surface area contributed by atoms with Gasteiger partial charge in [-0.1, -0.05) is 6.42 Å². The number of benzene rings is 1. The molecule has 0 unspecified atom stereocenters. The number of nitro groups is 1. The largest absolute Gasteiger partial charge is 0.468 e. The first-order chi connectivity index (χ1) is 14.1. The van der Waals surface area contributed by atoms with Crippen molar-refractivity contribution in [2.24, 2.45) is 0 Å². The van der Waals surface area contributed by atoms with Gasteiger partial charge in [0.05, 0.1) is 17.2 Å². The van der Waals surface area contributed by atoms with Crippen LogP contribution in [0.1, 0.15) is 54.3 Å². The third-order valence-electron chi connectivity index (χ3n) is 5.55. The maximum Gasteiger partial charge on any atom is 0.293 e. The van der Waals surface area contributed by atoms with Crippen molar-refractivity contribution in [2.75, 3.05) is 25.0 Å². The molecule has 2 heterocycles. The van der Waals surface area contributed by atoms with Crippen LogP contribution < -0.4 is 10.6 Å². The van der Waals surface area contributed by atoms with E-state index in [-0.39, 0.29) is 23.2 Å². The number of carbonyl (C=O) groups is 1. The monoisotopic (exact) mass is 398 g/mol. The summed E-state index contributed by atoms with van der Waals surface area (Å²) in [6.07, 6.45) is 7.16. The molecule has 1 aliphatic carbocycles. The van der Waals surface area contributed by atoms with Gasteiger partial charge in [0.25, 0.3) is 11.6 Å². The summed E-state index contributed by atoms with van der Waals surface area (Å²) in [4.78, 5) is 26.0. The average molecular weight is 398 g/mol. The summed E-state index contributed by atoms with van der Waals surface area (Å²) in [6, 6.07) is 8.64. The average Bonchev–Trinajstić information content (AvgIpc) is 3.39. The zero-order valence-electron chi connectivity index (χ0n) is 16.3. The van der Waals surface area contributed by atoms with Gasteiger partial charge in [0.2, 0.25) is 0 Å². The Bertz CT molecular complexity index is 858. The first-order valence-electron chi connectivity index (χ1n) is 10.2. The van der Waals surface area contributed by atoms with Crippen molar-refractivity contribution in [3.63, 3.8) is 0 Å². The zero-order chi connectivity index (χ0) is 20.2. The van der Waals surface area contributed by atoms with Crippen LogP contribution in [0, 0.1) is 10.1 Å². The lowest BCUT2D eigenvalue weighted by molar-refractivity contribution is -0.384. The van der Waals surface area contributed by atoms with E-state index in [0.717, 1.165) is 44.5 Å². The molecule has 1 atom stereocenters. The molecule has 2 N–H and O–H groups in total. The van der Waals surface area contributed by atoms with Crippen LogP contribution in [0.4, 0.5) is 11.4 Å². The van der Waals surface area contributed by atoms with Gasteiger partial charge in [-0.15, -0.1) is 0 Å². The van der Waals surface area contributed by atoms with E-state index in [9.17, 15) is 14.9 Å². The minimum atomic E-state index is -0.444. The Balaban J connectivity index is 1.46. The maximum atomic E-state index is 12.7. The van der Waals surface area contributed by atoms with Crippen molar-refractivity contribution in [3.05, 3.63) is 58.0 Å². The summed E-state index contributed by atoms with van der Waals surface area (Å²) < 4.78 is 5.61. The number of carbonyl (C=O) groups excluding carboxylic acids is 1. The lowest BCUT2D eigenvalue weighted by atomic mass is 10.1.